The summed E-state index contributed by atoms with van der Waals surface area (Å²) in [5.74, 6) is 4.04. The fourth-order valence-corrected chi connectivity index (χ4v) is 4.82. The van der Waals surface area contributed by atoms with Gasteiger partial charge >= 0.3 is 0 Å². The van der Waals surface area contributed by atoms with Crippen LogP contribution in [0, 0.1) is 35.0 Å². The van der Waals surface area contributed by atoms with E-state index in [1.165, 1.54) is 32.1 Å². The molecule has 0 atom stereocenters. The number of amides is 1. The fraction of sp³-hybridized carbons (Fsp3) is 0.938. The largest absolute Gasteiger partial charge is 0.355 e. The Labute approximate surface area is 111 Å². The first kappa shape index (κ1) is 12.5. The van der Waals surface area contributed by atoms with Gasteiger partial charge in [-0.25, -0.2) is 0 Å². The molecular weight excluding hydrogens is 222 g/mol. The Kier molecular flexibility index (Phi) is 2.95. The van der Waals surface area contributed by atoms with Crippen LogP contribution >= 0.6 is 0 Å². The van der Waals surface area contributed by atoms with E-state index in [0.717, 1.165) is 18.4 Å². The molecule has 102 valence electrons. The Balaban J connectivity index is 1.64. The van der Waals surface area contributed by atoms with Crippen molar-refractivity contribution in [1.82, 2.24) is 5.32 Å². The summed E-state index contributed by atoms with van der Waals surface area (Å²) in [6.07, 6.45) is 6.80. The van der Waals surface area contributed by atoms with E-state index in [0.29, 0.717) is 23.7 Å². The van der Waals surface area contributed by atoms with Crippen LogP contribution in [0.3, 0.4) is 0 Å². The summed E-state index contributed by atoms with van der Waals surface area (Å²) in [5, 5.41) is 3.21. The molecule has 2 nitrogen and oxygen atoms in total. The smallest absolute Gasteiger partial charge is 0.223 e. The van der Waals surface area contributed by atoms with E-state index in [1.54, 1.807) is 0 Å². The molecule has 0 aromatic rings. The molecule has 4 rings (SSSR count). The summed E-state index contributed by atoms with van der Waals surface area (Å²) in [5.41, 5.74) is 0.196. The zero-order valence-electron chi connectivity index (χ0n) is 12.0. The minimum Gasteiger partial charge on any atom is -0.355 e. The maximum atomic E-state index is 12.5. The third kappa shape index (κ3) is 2.31. The highest BCUT2D eigenvalue weighted by Gasteiger charge is 2.50. The van der Waals surface area contributed by atoms with Gasteiger partial charge in [0.05, 0.1) is 0 Å². The number of hydrogen-bond acceptors (Lipinski definition) is 1. The lowest BCUT2D eigenvalue weighted by Crippen LogP contribution is -2.51. The number of hydrogen-bond donors (Lipinski definition) is 1. The first-order valence-electron chi connectivity index (χ1n) is 7.70. The van der Waals surface area contributed by atoms with Gasteiger partial charge in [-0.1, -0.05) is 20.8 Å². The third-order valence-corrected chi connectivity index (χ3v) is 5.32. The lowest BCUT2D eigenvalue weighted by molar-refractivity contribution is -0.138. The van der Waals surface area contributed by atoms with Crippen LogP contribution in [-0.2, 0) is 4.79 Å². The highest BCUT2D eigenvalue weighted by Crippen LogP contribution is 2.56. The molecule has 18 heavy (non-hydrogen) atoms. The van der Waals surface area contributed by atoms with Crippen LogP contribution < -0.4 is 5.32 Å². The number of rotatable bonds is 2. The summed E-state index contributed by atoms with van der Waals surface area (Å²) in [6, 6.07) is 0. The van der Waals surface area contributed by atoms with Gasteiger partial charge in [0.25, 0.3) is 0 Å². The SMILES string of the molecule is CC(C)(C)CNC(=O)C1C2CC3CC(C2)CC1C3. The van der Waals surface area contributed by atoms with E-state index in [1.807, 2.05) is 0 Å². The molecule has 0 aromatic carbocycles. The zero-order chi connectivity index (χ0) is 12.9. The van der Waals surface area contributed by atoms with Gasteiger partial charge in [-0.05, 0) is 61.2 Å². The molecular formula is C16H27NO. The van der Waals surface area contributed by atoms with Crippen molar-refractivity contribution >= 4 is 5.91 Å². The van der Waals surface area contributed by atoms with E-state index in [2.05, 4.69) is 26.1 Å². The topological polar surface area (TPSA) is 29.1 Å². The molecule has 4 bridgehead atoms. The van der Waals surface area contributed by atoms with E-state index in [-0.39, 0.29) is 5.41 Å². The van der Waals surface area contributed by atoms with Gasteiger partial charge in [0, 0.05) is 12.5 Å². The van der Waals surface area contributed by atoms with Crippen molar-refractivity contribution in [2.45, 2.75) is 52.9 Å². The van der Waals surface area contributed by atoms with Crippen LogP contribution in [0.4, 0.5) is 0 Å². The minimum atomic E-state index is 0.196. The molecule has 0 radical (unpaired) electrons. The molecule has 4 saturated carbocycles. The molecule has 0 aromatic heterocycles. The molecule has 2 heteroatoms. The molecule has 0 unspecified atom stereocenters. The average Bonchev–Trinajstić information content (AvgIpc) is 2.23. The van der Waals surface area contributed by atoms with Crippen molar-refractivity contribution < 1.29 is 4.79 Å². The van der Waals surface area contributed by atoms with E-state index in [4.69, 9.17) is 0 Å². The van der Waals surface area contributed by atoms with E-state index in [9.17, 15) is 4.79 Å². The normalized spacial score (nSPS) is 42.1. The van der Waals surface area contributed by atoms with Crippen molar-refractivity contribution in [1.29, 1.82) is 0 Å². The molecule has 4 aliphatic carbocycles. The second-order valence-electron chi connectivity index (χ2n) is 8.23. The summed E-state index contributed by atoms with van der Waals surface area (Å²) in [7, 11) is 0. The van der Waals surface area contributed by atoms with Gasteiger partial charge in [-0.3, -0.25) is 4.79 Å². The summed E-state index contributed by atoms with van der Waals surface area (Å²) >= 11 is 0. The zero-order valence-corrected chi connectivity index (χ0v) is 12.0. The van der Waals surface area contributed by atoms with Gasteiger partial charge in [0.15, 0.2) is 0 Å². The van der Waals surface area contributed by atoms with Crippen molar-refractivity contribution in [3.63, 3.8) is 0 Å². The van der Waals surface area contributed by atoms with E-state index >= 15 is 0 Å². The molecule has 1 N–H and O–H groups in total. The summed E-state index contributed by atoms with van der Waals surface area (Å²) < 4.78 is 0. The average molecular weight is 249 g/mol. The monoisotopic (exact) mass is 249 g/mol. The Morgan fingerprint density at radius 2 is 1.50 bits per heavy atom. The Bertz CT molecular complexity index is 313. The first-order valence-corrected chi connectivity index (χ1v) is 7.70. The fourth-order valence-electron chi connectivity index (χ4n) is 4.82. The quantitative estimate of drug-likeness (QED) is 0.800. The lowest BCUT2D eigenvalue weighted by atomic mass is 9.51. The van der Waals surface area contributed by atoms with Crippen LogP contribution in [0.5, 0.6) is 0 Å². The van der Waals surface area contributed by atoms with Gasteiger partial charge in [0.2, 0.25) is 5.91 Å². The number of carbonyl (C=O) groups is 1. The van der Waals surface area contributed by atoms with E-state index < -0.39 is 0 Å². The number of carbonyl (C=O) groups excluding carboxylic acids is 1. The highest BCUT2D eigenvalue weighted by molar-refractivity contribution is 5.79. The van der Waals surface area contributed by atoms with Crippen molar-refractivity contribution in [3.8, 4) is 0 Å². The second kappa shape index (κ2) is 4.25. The van der Waals surface area contributed by atoms with Gasteiger partial charge in [0.1, 0.15) is 0 Å². The van der Waals surface area contributed by atoms with Gasteiger partial charge in [-0.15, -0.1) is 0 Å². The summed E-state index contributed by atoms with van der Waals surface area (Å²) in [6.45, 7) is 7.37. The molecule has 1 amide bonds. The molecule has 0 spiro atoms. The molecule has 0 saturated heterocycles. The molecule has 4 aliphatic rings. The summed E-state index contributed by atoms with van der Waals surface area (Å²) in [4.78, 5) is 12.5. The third-order valence-electron chi connectivity index (χ3n) is 5.32. The lowest BCUT2D eigenvalue weighted by Gasteiger charge is -2.53. The maximum absolute atomic E-state index is 12.5. The molecule has 0 aliphatic heterocycles. The predicted molar refractivity (Wildman–Crippen MR) is 73.0 cm³/mol. The van der Waals surface area contributed by atoms with Crippen LogP contribution in [0.25, 0.3) is 0 Å². The van der Waals surface area contributed by atoms with Crippen LogP contribution in [0.2, 0.25) is 0 Å². The standard InChI is InChI=1S/C16H27NO/c1-16(2,3)9-17-15(18)14-12-5-10-4-11(7-12)8-13(14)6-10/h10-14H,4-9H2,1-3H3,(H,17,18). The predicted octanol–water partition coefficient (Wildman–Crippen LogP) is 3.22. The van der Waals surface area contributed by atoms with Crippen LogP contribution in [0.15, 0.2) is 0 Å². The van der Waals surface area contributed by atoms with Crippen molar-refractivity contribution in [2.75, 3.05) is 6.54 Å². The van der Waals surface area contributed by atoms with Gasteiger partial charge in [-0.2, -0.15) is 0 Å². The Hall–Kier alpha value is -0.530. The Morgan fingerprint density at radius 1 is 1.00 bits per heavy atom. The first-order chi connectivity index (χ1) is 8.42. The van der Waals surface area contributed by atoms with Crippen LogP contribution in [-0.4, -0.2) is 12.5 Å². The maximum Gasteiger partial charge on any atom is 0.223 e. The molecule has 0 heterocycles. The van der Waals surface area contributed by atoms with Gasteiger partial charge < -0.3 is 5.32 Å². The highest BCUT2D eigenvalue weighted by atomic mass is 16.1. The Morgan fingerprint density at radius 3 is 1.94 bits per heavy atom. The second-order valence-corrected chi connectivity index (χ2v) is 8.23. The minimum absolute atomic E-state index is 0.196. The molecule has 4 fully saturated rings. The van der Waals surface area contributed by atoms with Crippen molar-refractivity contribution in [3.05, 3.63) is 0 Å². The number of nitrogens with one attached hydrogen (secondary N) is 1. The van der Waals surface area contributed by atoms with Crippen LogP contribution in [0.1, 0.15) is 52.9 Å². The van der Waals surface area contributed by atoms with Crippen molar-refractivity contribution in [2.24, 2.45) is 35.0 Å².